The van der Waals surface area contributed by atoms with Crippen LogP contribution in [0.15, 0.2) is 76.9 Å². The van der Waals surface area contributed by atoms with Crippen LogP contribution < -0.4 is 10.9 Å². The fourth-order valence-electron chi connectivity index (χ4n) is 2.96. The van der Waals surface area contributed by atoms with E-state index in [4.69, 9.17) is 0 Å². The van der Waals surface area contributed by atoms with Crippen molar-refractivity contribution in [1.82, 2.24) is 14.8 Å². The summed E-state index contributed by atoms with van der Waals surface area (Å²) in [6.07, 6.45) is 0.185. The molecule has 4 aromatic rings. The number of carbonyl (C=O) groups excluding carboxylic acids is 1. The molecule has 1 amide bonds. The molecule has 2 aromatic carbocycles. The highest BCUT2D eigenvalue weighted by Crippen LogP contribution is 2.16. The first-order valence-corrected chi connectivity index (χ1v) is 10.4. The summed E-state index contributed by atoms with van der Waals surface area (Å²) in [4.78, 5) is 29.0. The first-order chi connectivity index (χ1) is 14.6. The van der Waals surface area contributed by atoms with E-state index in [1.165, 1.54) is 22.1 Å². The van der Waals surface area contributed by atoms with E-state index in [2.05, 4.69) is 15.4 Å². The van der Waals surface area contributed by atoms with Crippen molar-refractivity contribution in [3.63, 3.8) is 0 Å². The van der Waals surface area contributed by atoms with Gasteiger partial charge >= 0.3 is 0 Å². The minimum atomic E-state index is -0.193. The molecule has 7 heteroatoms. The third-order valence-corrected chi connectivity index (χ3v) is 5.39. The van der Waals surface area contributed by atoms with Crippen LogP contribution in [0, 0.1) is 6.92 Å². The Hall–Kier alpha value is -3.58. The Morgan fingerprint density at radius 1 is 1.03 bits per heavy atom. The molecule has 6 nitrogen and oxygen atoms in total. The van der Waals surface area contributed by atoms with Gasteiger partial charge in [0.2, 0.25) is 5.91 Å². The molecule has 4 rings (SSSR count). The van der Waals surface area contributed by atoms with Crippen LogP contribution in [0.5, 0.6) is 0 Å². The lowest BCUT2D eigenvalue weighted by atomic mass is 10.1. The number of carbonyl (C=O) groups is 1. The van der Waals surface area contributed by atoms with E-state index in [-0.39, 0.29) is 24.4 Å². The molecule has 0 bridgehead atoms. The Morgan fingerprint density at radius 3 is 2.57 bits per heavy atom. The average Bonchev–Trinajstić information content (AvgIpc) is 3.18. The molecule has 0 saturated heterocycles. The lowest BCUT2D eigenvalue weighted by molar-refractivity contribution is -0.115. The number of aryl methyl sites for hydroxylation is 1. The largest absolute Gasteiger partial charge is 0.326 e. The van der Waals surface area contributed by atoms with E-state index in [9.17, 15) is 9.59 Å². The van der Waals surface area contributed by atoms with E-state index in [0.29, 0.717) is 10.7 Å². The van der Waals surface area contributed by atoms with Gasteiger partial charge in [-0.3, -0.25) is 9.59 Å². The molecule has 0 aliphatic rings. The minimum absolute atomic E-state index is 0.124. The number of hydrogen-bond acceptors (Lipinski definition) is 5. The summed E-state index contributed by atoms with van der Waals surface area (Å²) in [6.45, 7) is 2.26. The maximum Gasteiger partial charge on any atom is 0.267 e. The van der Waals surface area contributed by atoms with Crippen molar-refractivity contribution >= 4 is 22.9 Å². The summed E-state index contributed by atoms with van der Waals surface area (Å²) < 4.78 is 1.40. The molecule has 0 saturated carbocycles. The van der Waals surface area contributed by atoms with Crippen LogP contribution in [0.2, 0.25) is 0 Å². The second-order valence-corrected chi connectivity index (χ2v) is 7.85. The quantitative estimate of drug-likeness (QED) is 0.517. The fraction of sp³-hybridized carbons (Fsp3) is 0.130. The number of thiazole rings is 1. The molecule has 0 unspecified atom stereocenters. The molecule has 0 atom stereocenters. The lowest BCUT2D eigenvalue weighted by Gasteiger charge is -2.06. The van der Waals surface area contributed by atoms with Crippen LogP contribution in [0.4, 0.5) is 5.69 Å². The Balaban J connectivity index is 1.44. The summed E-state index contributed by atoms with van der Waals surface area (Å²) >= 11 is 1.40. The van der Waals surface area contributed by atoms with Crippen molar-refractivity contribution < 1.29 is 4.79 Å². The molecule has 2 aromatic heterocycles. The van der Waals surface area contributed by atoms with Crippen LogP contribution in [-0.2, 0) is 17.8 Å². The highest BCUT2D eigenvalue weighted by Gasteiger charge is 2.10. The van der Waals surface area contributed by atoms with E-state index in [0.717, 1.165) is 22.5 Å². The van der Waals surface area contributed by atoms with Gasteiger partial charge in [-0.2, -0.15) is 5.10 Å². The molecule has 0 aliphatic carbocycles. The Labute approximate surface area is 177 Å². The molecular formula is C23H20N4O2S. The minimum Gasteiger partial charge on any atom is -0.326 e. The fourth-order valence-corrected chi connectivity index (χ4v) is 3.74. The van der Waals surface area contributed by atoms with Gasteiger partial charge in [-0.25, -0.2) is 9.67 Å². The molecule has 0 radical (unpaired) electrons. The van der Waals surface area contributed by atoms with E-state index in [1.54, 1.807) is 6.07 Å². The second-order valence-electron chi connectivity index (χ2n) is 6.90. The van der Waals surface area contributed by atoms with Gasteiger partial charge in [0.15, 0.2) is 0 Å². The van der Waals surface area contributed by atoms with Crippen LogP contribution >= 0.6 is 11.3 Å². The normalized spacial score (nSPS) is 10.7. The number of benzene rings is 2. The highest BCUT2D eigenvalue weighted by molar-refractivity contribution is 7.09. The third-order valence-electron chi connectivity index (χ3n) is 4.49. The monoisotopic (exact) mass is 416 g/mol. The zero-order valence-electron chi connectivity index (χ0n) is 16.4. The van der Waals surface area contributed by atoms with Gasteiger partial charge in [0.05, 0.1) is 24.4 Å². The molecule has 30 heavy (non-hydrogen) atoms. The number of nitrogens with one attached hydrogen (secondary N) is 1. The number of anilines is 1. The number of nitrogens with zero attached hydrogens (tertiary/aromatic N) is 3. The van der Waals surface area contributed by atoms with Crippen molar-refractivity contribution in [3.05, 3.63) is 98.7 Å². The van der Waals surface area contributed by atoms with Crippen LogP contribution in [0.25, 0.3) is 11.3 Å². The highest BCUT2D eigenvalue weighted by atomic mass is 32.1. The summed E-state index contributed by atoms with van der Waals surface area (Å²) in [6, 6.07) is 20.6. The van der Waals surface area contributed by atoms with Crippen molar-refractivity contribution in [1.29, 1.82) is 0 Å². The SMILES string of the molecule is Cc1ccc(NC(=O)Cc2nc(Cn3nc(-c4ccccc4)ccc3=O)cs2)cc1. The summed E-state index contributed by atoms with van der Waals surface area (Å²) in [7, 11) is 0. The molecule has 150 valence electrons. The average molecular weight is 417 g/mol. The van der Waals surface area contributed by atoms with Gasteiger partial charge in [-0.15, -0.1) is 11.3 Å². The van der Waals surface area contributed by atoms with Crippen molar-refractivity contribution in [2.45, 2.75) is 19.9 Å². The zero-order chi connectivity index (χ0) is 20.9. The number of rotatable bonds is 6. The molecule has 0 fully saturated rings. The van der Waals surface area contributed by atoms with E-state index in [1.807, 2.05) is 66.9 Å². The first kappa shape index (κ1) is 19.7. The van der Waals surface area contributed by atoms with Gasteiger partial charge in [0.25, 0.3) is 5.56 Å². The van der Waals surface area contributed by atoms with Crippen LogP contribution in [0.3, 0.4) is 0 Å². The number of amides is 1. The van der Waals surface area contributed by atoms with Crippen molar-refractivity contribution in [2.24, 2.45) is 0 Å². The van der Waals surface area contributed by atoms with Gasteiger partial charge < -0.3 is 5.32 Å². The van der Waals surface area contributed by atoms with Crippen LogP contribution in [-0.4, -0.2) is 20.7 Å². The smallest absolute Gasteiger partial charge is 0.267 e. The standard InChI is InChI=1S/C23H20N4O2S/c1-16-7-9-18(10-8-16)24-21(28)13-22-25-19(15-30-22)14-27-23(29)12-11-20(26-27)17-5-3-2-4-6-17/h2-12,15H,13-14H2,1H3,(H,24,28). The summed E-state index contributed by atoms with van der Waals surface area (Å²) in [5.41, 5.74) is 4.08. The van der Waals surface area contributed by atoms with Gasteiger partial charge in [0.1, 0.15) is 5.01 Å². The first-order valence-electron chi connectivity index (χ1n) is 9.50. The van der Waals surface area contributed by atoms with Crippen molar-refractivity contribution in [2.75, 3.05) is 5.32 Å². The molecular weight excluding hydrogens is 396 g/mol. The van der Waals surface area contributed by atoms with E-state index >= 15 is 0 Å². The topological polar surface area (TPSA) is 76.9 Å². The molecule has 1 N–H and O–H groups in total. The summed E-state index contributed by atoms with van der Waals surface area (Å²) in [5, 5.41) is 9.89. The molecule has 2 heterocycles. The molecule has 0 spiro atoms. The Morgan fingerprint density at radius 2 is 1.80 bits per heavy atom. The second kappa shape index (κ2) is 8.84. The van der Waals surface area contributed by atoms with Gasteiger partial charge in [-0.05, 0) is 25.1 Å². The number of aromatic nitrogens is 3. The predicted molar refractivity (Wildman–Crippen MR) is 119 cm³/mol. The molecule has 0 aliphatic heterocycles. The summed E-state index contributed by atoms with van der Waals surface area (Å²) in [5.74, 6) is -0.124. The van der Waals surface area contributed by atoms with Gasteiger partial charge in [-0.1, -0.05) is 48.0 Å². The zero-order valence-corrected chi connectivity index (χ0v) is 17.2. The lowest BCUT2D eigenvalue weighted by Crippen LogP contribution is -2.23. The maximum absolute atomic E-state index is 12.3. The Bertz CT molecular complexity index is 1210. The van der Waals surface area contributed by atoms with E-state index < -0.39 is 0 Å². The van der Waals surface area contributed by atoms with Crippen LogP contribution in [0.1, 0.15) is 16.3 Å². The van der Waals surface area contributed by atoms with Gasteiger partial charge in [0, 0.05) is 22.7 Å². The Kier molecular flexibility index (Phi) is 5.81. The number of hydrogen-bond donors (Lipinski definition) is 1. The predicted octanol–water partition coefficient (Wildman–Crippen LogP) is 3.90. The third kappa shape index (κ3) is 4.87. The maximum atomic E-state index is 12.3. The van der Waals surface area contributed by atoms with Crippen molar-refractivity contribution in [3.8, 4) is 11.3 Å².